The molecule has 3 heteroatoms. The first kappa shape index (κ1) is 11.0. The molecule has 1 rings (SSSR count). The molecule has 0 spiro atoms. The van der Waals surface area contributed by atoms with Crippen molar-refractivity contribution in [2.45, 2.75) is 13.5 Å². The lowest BCUT2D eigenvalue weighted by molar-refractivity contribution is 0.627. The van der Waals surface area contributed by atoms with Gasteiger partial charge in [-0.3, -0.25) is 4.99 Å². The van der Waals surface area contributed by atoms with Crippen LogP contribution >= 0.6 is 11.8 Å². The van der Waals surface area contributed by atoms with Crippen molar-refractivity contribution in [3.63, 3.8) is 0 Å². The minimum absolute atomic E-state index is 0.213. The van der Waals surface area contributed by atoms with E-state index in [0.717, 1.165) is 10.6 Å². The number of benzene rings is 1. The zero-order chi connectivity index (χ0) is 10.4. The zero-order valence-corrected chi connectivity index (χ0v) is 8.85. The molecule has 0 radical (unpaired) electrons. The normalized spacial score (nSPS) is 11.4. The van der Waals surface area contributed by atoms with Gasteiger partial charge in [0.25, 0.3) is 0 Å². The highest BCUT2D eigenvalue weighted by Crippen LogP contribution is 2.08. The van der Waals surface area contributed by atoms with Crippen LogP contribution in [-0.4, -0.2) is 5.04 Å². The van der Waals surface area contributed by atoms with Crippen molar-refractivity contribution >= 4 is 16.8 Å². The van der Waals surface area contributed by atoms with E-state index < -0.39 is 0 Å². The Balaban J connectivity index is 2.57. The van der Waals surface area contributed by atoms with Gasteiger partial charge in [0.2, 0.25) is 0 Å². The quantitative estimate of drug-likeness (QED) is 0.547. The van der Waals surface area contributed by atoms with Gasteiger partial charge >= 0.3 is 0 Å². The molecular weight excluding hydrogens is 197 g/mol. The lowest BCUT2D eigenvalue weighted by Crippen LogP contribution is -1.86. The van der Waals surface area contributed by atoms with E-state index in [0.29, 0.717) is 6.54 Å². The van der Waals surface area contributed by atoms with Gasteiger partial charge in [-0.25, -0.2) is 4.39 Å². The maximum atomic E-state index is 12.6. The fraction of sp³-hybridized carbons (Fsp3) is 0.182. The Labute approximate surface area is 87.8 Å². The molecule has 0 atom stereocenters. The van der Waals surface area contributed by atoms with Gasteiger partial charge in [-0.2, -0.15) is 0 Å². The Hall–Kier alpha value is -1.09. The second-order valence-corrected chi connectivity index (χ2v) is 3.91. The van der Waals surface area contributed by atoms with Crippen LogP contribution in [0.3, 0.4) is 0 Å². The minimum Gasteiger partial charge on any atom is -0.278 e. The summed E-state index contributed by atoms with van der Waals surface area (Å²) in [6, 6.07) is 6.37. The third-order valence-corrected chi connectivity index (χ3v) is 2.29. The summed E-state index contributed by atoms with van der Waals surface area (Å²) in [5.74, 6) is -0.213. The Morgan fingerprint density at radius 3 is 2.71 bits per heavy atom. The highest BCUT2D eigenvalue weighted by atomic mass is 32.2. The van der Waals surface area contributed by atoms with Crippen molar-refractivity contribution in [3.8, 4) is 0 Å². The molecule has 0 amide bonds. The smallest absolute Gasteiger partial charge is 0.123 e. The highest BCUT2D eigenvalue weighted by Gasteiger charge is 1.93. The molecule has 0 bridgehead atoms. The van der Waals surface area contributed by atoms with Crippen LogP contribution in [0.5, 0.6) is 0 Å². The minimum atomic E-state index is -0.213. The van der Waals surface area contributed by atoms with Crippen molar-refractivity contribution < 1.29 is 4.39 Å². The zero-order valence-electron chi connectivity index (χ0n) is 8.03. The SMILES string of the molecule is C=CSC(C)=NCc1ccc(F)cc1. The number of hydrogen-bond acceptors (Lipinski definition) is 2. The van der Waals surface area contributed by atoms with Crippen LogP contribution in [0.25, 0.3) is 0 Å². The molecule has 0 aliphatic heterocycles. The van der Waals surface area contributed by atoms with E-state index in [1.165, 1.54) is 23.9 Å². The van der Waals surface area contributed by atoms with Gasteiger partial charge in [0.15, 0.2) is 0 Å². The van der Waals surface area contributed by atoms with Crippen molar-refractivity contribution in [3.05, 3.63) is 47.6 Å². The molecule has 0 saturated heterocycles. The molecule has 0 fully saturated rings. The van der Waals surface area contributed by atoms with Gasteiger partial charge < -0.3 is 0 Å². The Morgan fingerprint density at radius 1 is 1.50 bits per heavy atom. The number of halogens is 1. The van der Waals surface area contributed by atoms with Gasteiger partial charge in [0, 0.05) is 0 Å². The fourth-order valence-electron chi connectivity index (χ4n) is 0.950. The third-order valence-electron chi connectivity index (χ3n) is 1.65. The molecule has 14 heavy (non-hydrogen) atoms. The summed E-state index contributed by atoms with van der Waals surface area (Å²) in [7, 11) is 0. The summed E-state index contributed by atoms with van der Waals surface area (Å²) in [6.45, 7) is 6.12. The summed E-state index contributed by atoms with van der Waals surface area (Å²) in [5.41, 5.74) is 1.01. The van der Waals surface area contributed by atoms with Crippen molar-refractivity contribution in [2.75, 3.05) is 0 Å². The lowest BCUT2D eigenvalue weighted by Gasteiger charge is -1.97. The molecule has 1 aromatic carbocycles. The van der Waals surface area contributed by atoms with Crippen LogP contribution in [0.4, 0.5) is 4.39 Å². The Kier molecular flexibility index (Phi) is 4.40. The molecule has 0 aliphatic rings. The monoisotopic (exact) mass is 209 g/mol. The van der Waals surface area contributed by atoms with Crippen molar-refractivity contribution in [1.82, 2.24) is 0 Å². The predicted molar refractivity (Wildman–Crippen MR) is 61.0 cm³/mol. The third kappa shape index (κ3) is 3.75. The summed E-state index contributed by atoms with van der Waals surface area (Å²) in [5, 5.41) is 2.70. The van der Waals surface area contributed by atoms with Gasteiger partial charge in [-0.15, -0.1) is 0 Å². The van der Waals surface area contributed by atoms with Crippen LogP contribution in [0.15, 0.2) is 41.2 Å². The topological polar surface area (TPSA) is 12.4 Å². The largest absolute Gasteiger partial charge is 0.278 e. The Morgan fingerprint density at radius 2 is 2.14 bits per heavy atom. The number of nitrogens with zero attached hydrogens (tertiary/aromatic N) is 1. The van der Waals surface area contributed by atoms with Crippen LogP contribution in [-0.2, 0) is 6.54 Å². The van der Waals surface area contributed by atoms with Gasteiger partial charge in [-0.05, 0) is 30.0 Å². The van der Waals surface area contributed by atoms with Crippen LogP contribution in [0.2, 0.25) is 0 Å². The fourth-order valence-corrected chi connectivity index (χ4v) is 1.33. The molecule has 0 aliphatic carbocycles. The van der Waals surface area contributed by atoms with Gasteiger partial charge in [0.1, 0.15) is 5.82 Å². The van der Waals surface area contributed by atoms with Crippen LogP contribution < -0.4 is 0 Å². The maximum Gasteiger partial charge on any atom is 0.123 e. The molecule has 74 valence electrons. The average Bonchev–Trinajstić information content (AvgIpc) is 2.17. The average molecular weight is 209 g/mol. The van der Waals surface area contributed by atoms with E-state index in [9.17, 15) is 4.39 Å². The first-order valence-electron chi connectivity index (χ1n) is 4.25. The maximum absolute atomic E-state index is 12.6. The predicted octanol–water partition coefficient (Wildman–Crippen LogP) is 3.62. The summed E-state index contributed by atoms with van der Waals surface area (Å²) >= 11 is 1.49. The van der Waals surface area contributed by atoms with Gasteiger partial charge in [-0.1, -0.05) is 30.5 Å². The summed E-state index contributed by atoms with van der Waals surface area (Å²) < 4.78 is 12.6. The van der Waals surface area contributed by atoms with Crippen LogP contribution in [0.1, 0.15) is 12.5 Å². The van der Waals surface area contributed by atoms with E-state index in [4.69, 9.17) is 0 Å². The Bertz CT molecular complexity index is 330. The molecule has 0 saturated carbocycles. The van der Waals surface area contributed by atoms with Crippen molar-refractivity contribution in [2.24, 2.45) is 4.99 Å². The number of hydrogen-bond donors (Lipinski definition) is 0. The molecule has 0 unspecified atom stereocenters. The van der Waals surface area contributed by atoms with Gasteiger partial charge in [0.05, 0.1) is 11.6 Å². The summed E-state index contributed by atoms with van der Waals surface area (Å²) in [4.78, 5) is 4.30. The second-order valence-electron chi connectivity index (χ2n) is 2.75. The number of rotatable bonds is 3. The lowest BCUT2D eigenvalue weighted by atomic mass is 10.2. The van der Waals surface area contributed by atoms with E-state index in [1.54, 1.807) is 17.5 Å². The van der Waals surface area contributed by atoms with E-state index in [1.807, 2.05) is 6.92 Å². The molecular formula is C11H12FNS. The standard InChI is InChI=1S/C11H12FNS/c1-3-14-9(2)13-8-10-4-6-11(12)7-5-10/h3-7H,1,8H2,2H3. The molecule has 0 aromatic heterocycles. The number of aliphatic imine (C=N–C) groups is 1. The first-order chi connectivity index (χ1) is 6.72. The molecule has 0 heterocycles. The highest BCUT2D eigenvalue weighted by molar-refractivity contribution is 8.16. The molecule has 1 aromatic rings. The first-order valence-corrected chi connectivity index (χ1v) is 5.13. The van der Waals surface area contributed by atoms with E-state index in [2.05, 4.69) is 11.6 Å². The van der Waals surface area contributed by atoms with Crippen molar-refractivity contribution in [1.29, 1.82) is 0 Å². The number of thioether (sulfide) groups is 1. The molecule has 1 nitrogen and oxygen atoms in total. The van der Waals surface area contributed by atoms with Crippen LogP contribution in [0, 0.1) is 5.82 Å². The second kappa shape index (κ2) is 5.60. The molecule has 0 N–H and O–H groups in total. The summed E-state index contributed by atoms with van der Waals surface area (Å²) in [6.07, 6.45) is 0. The van der Waals surface area contributed by atoms with E-state index in [-0.39, 0.29) is 5.82 Å². The van der Waals surface area contributed by atoms with E-state index >= 15 is 0 Å².